The molecule has 0 saturated carbocycles. The molecule has 2 aromatic carbocycles. The zero-order chi connectivity index (χ0) is 22.1. The normalized spacial score (nSPS) is 11.2. The molecule has 0 aliphatic rings. The summed E-state index contributed by atoms with van der Waals surface area (Å²) in [5.41, 5.74) is 0.822. The number of rotatable bonds is 10. The molecule has 2 amide bonds. The molecule has 2 aromatic rings. The van der Waals surface area contributed by atoms with E-state index in [1.807, 2.05) is 0 Å². The Morgan fingerprint density at radius 1 is 1.07 bits per heavy atom. The standard InChI is InChI=1S/C19H21F2N3O5S/c1-13(25)24-15-6-8-16(9-7-15)30(27,28)23-11-10-18(26)22-12-14-4-2-3-5-17(14)29-19(20)21/h2-9,19,23H,10-12H2,1H3,(H,22,26)(H,24,25). The van der Waals surface area contributed by atoms with Crippen LogP contribution in [0.2, 0.25) is 0 Å². The molecule has 0 unspecified atom stereocenters. The maximum atomic E-state index is 12.4. The Balaban J connectivity index is 1.83. The number of nitrogens with one attached hydrogen (secondary N) is 3. The lowest BCUT2D eigenvalue weighted by Gasteiger charge is -2.12. The van der Waals surface area contributed by atoms with Gasteiger partial charge in [-0.3, -0.25) is 9.59 Å². The topological polar surface area (TPSA) is 114 Å². The van der Waals surface area contributed by atoms with E-state index in [2.05, 4.69) is 20.1 Å². The minimum Gasteiger partial charge on any atom is -0.434 e. The molecule has 0 aromatic heterocycles. The lowest BCUT2D eigenvalue weighted by Crippen LogP contribution is -2.30. The van der Waals surface area contributed by atoms with Gasteiger partial charge in [-0.2, -0.15) is 8.78 Å². The van der Waals surface area contributed by atoms with Crippen molar-refractivity contribution in [2.75, 3.05) is 11.9 Å². The first-order valence-electron chi connectivity index (χ1n) is 8.84. The Labute approximate surface area is 172 Å². The fraction of sp³-hybridized carbons (Fsp3) is 0.263. The first-order chi connectivity index (χ1) is 14.2. The van der Waals surface area contributed by atoms with Crippen LogP contribution in [-0.4, -0.2) is 33.4 Å². The highest BCUT2D eigenvalue weighted by atomic mass is 32.2. The Hall–Kier alpha value is -3.05. The number of halogens is 2. The van der Waals surface area contributed by atoms with Gasteiger partial charge in [-0.25, -0.2) is 13.1 Å². The number of alkyl halides is 2. The molecule has 11 heteroatoms. The van der Waals surface area contributed by atoms with Gasteiger partial charge in [0.2, 0.25) is 21.8 Å². The van der Waals surface area contributed by atoms with Crippen molar-refractivity contribution in [3.8, 4) is 5.75 Å². The van der Waals surface area contributed by atoms with Crippen LogP contribution in [0.3, 0.4) is 0 Å². The van der Waals surface area contributed by atoms with E-state index in [1.54, 1.807) is 6.07 Å². The Bertz CT molecular complexity index is 982. The molecule has 0 aliphatic carbocycles. The van der Waals surface area contributed by atoms with Gasteiger partial charge < -0.3 is 15.4 Å². The van der Waals surface area contributed by atoms with Crippen molar-refractivity contribution in [1.29, 1.82) is 0 Å². The molecule has 2 rings (SSSR count). The van der Waals surface area contributed by atoms with Gasteiger partial charge in [-0.15, -0.1) is 0 Å². The van der Waals surface area contributed by atoms with Crippen molar-refractivity contribution >= 4 is 27.5 Å². The number of para-hydroxylation sites is 1. The van der Waals surface area contributed by atoms with Gasteiger partial charge in [0.25, 0.3) is 0 Å². The second-order valence-corrected chi connectivity index (χ2v) is 7.88. The second-order valence-electron chi connectivity index (χ2n) is 6.12. The minimum atomic E-state index is -3.83. The van der Waals surface area contributed by atoms with Crippen molar-refractivity contribution in [2.24, 2.45) is 0 Å². The number of carbonyl (C=O) groups excluding carboxylic acids is 2. The smallest absolute Gasteiger partial charge is 0.387 e. The van der Waals surface area contributed by atoms with E-state index in [0.29, 0.717) is 11.3 Å². The third kappa shape index (κ3) is 7.41. The molecule has 162 valence electrons. The number of ether oxygens (including phenoxy) is 1. The van der Waals surface area contributed by atoms with Crippen LogP contribution >= 0.6 is 0 Å². The Morgan fingerprint density at radius 3 is 2.37 bits per heavy atom. The molecule has 0 spiro atoms. The van der Waals surface area contributed by atoms with E-state index in [9.17, 15) is 26.8 Å². The minimum absolute atomic E-state index is 0.0184. The third-order valence-electron chi connectivity index (χ3n) is 3.79. The molecule has 0 bridgehead atoms. The molecule has 0 radical (unpaired) electrons. The number of benzene rings is 2. The van der Waals surface area contributed by atoms with Gasteiger partial charge >= 0.3 is 6.61 Å². The second kappa shape index (κ2) is 10.6. The largest absolute Gasteiger partial charge is 0.434 e. The number of anilines is 1. The number of amides is 2. The van der Waals surface area contributed by atoms with E-state index >= 15 is 0 Å². The SMILES string of the molecule is CC(=O)Nc1ccc(S(=O)(=O)NCCC(=O)NCc2ccccc2OC(F)F)cc1. The molecule has 30 heavy (non-hydrogen) atoms. The van der Waals surface area contributed by atoms with E-state index < -0.39 is 22.5 Å². The van der Waals surface area contributed by atoms with Crippen LogP contribution in [0.1, 0.15) is 18.9 Å². The van der Waals surface area contributed by atoms with E-state index in [-0.39, 0.29) is 36.1 Å². The highest BCUT2D eigenvalue weighted by Crippen LogP contribution is 2.20. The molecule has 8 nitrogen and oxygen atoms in total. The molecule has 0 fully saturated rings. The highest BCUT2D eigenvalue weighted by molar-refractivity contribution is 7.89. The van der Waals surface area contributed by atoms with Crippen molar-refractivity contribution in [1.82, 2.24) is 10.0 Å². The Morgan fingerprint density at radius 2 is 1.73 bits per heavy atom. The molecule has 0 saturated heterocycles. The molecule has 0 atom stereocenters. The van der Waals surface area contributed by atoms with E-state index in [0.717, 1.165) is 0 Å². The number of hydrogen-bond acceptors (Lipinski definition) is 5. The number of sulfonamides is 1. The third-order valence-corrected chi connectivity index (χ3v) is 5.27. The molecular weight excluding hydrogens is 420 g/mol. The van der Waals surface area contributed by atoms with Gasteiger partial charge in [0.1, 0.15) is 5.75 Å². The fourth-order valence-electron chi connectivity index (χ4n) is 2.45. The predicted molar refractivity (Wildman–Crippen MR) is 105 cm³/mol. The molecular formula is C19H21F2N3O5S. The summed E-state index contributed by atoms with van der Waals surface area (Å²) in [5.74, 6) is -0.792. The number of hydrogen-bond donors (Lipinski definition) is 3. The first kappa shape index (κ1) is 23.2. The van der Waals surface area contributed by atoms with Crippen molar-refractivity contribution < 1.29 is 31.5 Å². The summed E-state index contributed by atoms with van der Waals surface area (Å²) in [6.45, 7) is -1.85. The van der Waals surface area contributed by atoms with Crippen LogP contribution in [0.4, 0.5) is 14.5 Å². The summed E-state index contributed by atoms with van der Waals surface area (Å²) in [6, 6.07) is 11.6. The van der Waals surface area contributed by atoms with E-state index in [1.165, 1.54) is 49.4 Å². The van der Waals surface area contributed by atoms with Gasteiger partial charge in [0, 0.05) is 37.7 Å². The van der Waals surface area contributed by atoms with Crippen molar-refractivity contribution in [3.63, 3.8) is 0 Å². The van der Waals surface area contributed by atoms with Crippen LogP contribution in [0.25, 0.3) is 0 Å². The van der Waals surface area contributed by atoms with Gasteiger partial charge in [0.05, 0.1) is 4.90 Å². The van der Waals surface area contributed by atoms with Crippen LogP contribution in [0.15, 0.2) is 53.4 Å². The highest BCUT2D eigenvalue weighted by Gasteiger charge is 2.15. The van der Waals surface area contributed by atoms with Gasteiger partial charge in [-0.1, -0.05) is 18.2 Å². The summed E-state index contributed by atoms with van der Waals surface area (Å²) < 4.78 is 56.0. The molecule has 3 N–H and O–H groups in total. The molecule has 0 aliphatic heterocycles. The summed E-state index contributed by atoms with van der Waals surface area (Å²) in [7, 11) is -3.83. The maximum Gasteiger partial charge on any atom is 0.387 e. The molecule has 0 heterocycles. The quantitative estimate of drug-likeness (QED) is 0.523. The Kier molecular flexibility index (Phi) is 8.25. The fourth-order valence-corrected chi connectivity index (χ4v) is 3.48. The lowest BCUT2D eigenvalue weighted by atomic mass is 10.2. The maximum absolute atomic E-state index is 12.4. The van der Waals surface area contributed by atoms with Crippen molar-refractivity contribution in [3.05, 3.63) is 54.1 Å². The average Bonchev–Trinajstić information content (AvgIpc) is 2.66. The van der Waals surface area contributed by atoms with Crippen LogP contribution < -0.4 is 20.1 Å². The lowest BCUT2D eigenvalue weighted by molar-refractivity contribution is -0.121. The summed E-state index contributed by atoms with van der Waals surface area (Å²) in [5, 5.41) is 5.05. The summed E-state index contributed by atoms with van der Waals surface area (Å²) in [4.78, 5) is 22.9. The number of carbonyl (C=O) groups is 2. The van der Waals surface area contributed by atoms with Crippen LogP contribution in [0.5, 0.6) is 5.75 Å². The van der Waals surface area contributed by atoms with Gasteiger partial charge in [-0.05, 0) is 30.3 Å². The van der Waals surface area contributed by atoms with E-state index in [4.69, 9.17) is 0 Å². The monoisotopic (exact) mass is 441 g/mol. The summed E-state index contributed by atoms with van der Waals surface area (Å²) in [6.07, 6.45) is -0.152. The zero-order valence-corrected chi connectivity index (χ0v) is 16.8. The van der Waals surface area contributed by atoms with Gasteiger partial charge in [0.15, 0.2) is 0 Å². The van der Waals surface area contributed by atoms with Crippen molar-refractivity contribution in [2.45, 2.75) is 31.4 Å². The predicted octanol–water partition coefficient (Wildman–Crippen LogP) is 2.23. The first-order valence-corrected chi connectivity index (χ1v) is 10.3. The van der Waals surface area contributed by atoms with Crippen LogP contribution in [-0.2, 0) is 26.2 Å². The zero-order valence-electron chi connectivity index (χ0n) is 16.0. The summed E-state index contributed by atoms with van der Waals surface area (Å²) >= 11 is 0. The average molecular weight is 441 g/mol. The van der Waals surface area contributed by atoms with Crippen LogP contribution in [0, 0.1) is 0 Å².